The van der Waals surface area contributed by atoms with Crippen molar-refractivity contribution in [2.45, 2.75) is 41.0 Å². The molecule has 0 spiro atoms. The van der Waals surface area contributed by atoms with Crippen LogP contribution in [0.15, 0.2) is 27.9 Å². The second kappa shape index (κ2) is 6.98. The van der Waals surface area contributed by atoms with Gasteiger partial charge < -0.3 is 0 Å². The SMILES string of the molecule is CCC(C=NNC(C)=O)=C(C)C=C(C)C. The smallest absolute Gasteiger partial charge is 0.236 e. The summed E-state index contributed by atoms with van der Waals surface area (Å²) in [5.74, 6) is -0.151. The van der Waals surface area contributed by atoms with Crippen molar-refractivity contribution < 1.29 is 4.79 Å². The first-order chi connectivity index (χ1) is 6.97. The average molecular weight is 208 g/mol. The van der Waals surface area contributed by atoms with Crippen LogP contribution in [0.2, 0.25) is 0 Å². The van der Waals surface area contributed by atoms with E-state index in [2.05, 4.69) is 37.4 Å². The zero-order valence-electron chi connectivity index (χ0n) is 10.2. The molecule has 1 amide bonds. The maximum absolute atomic E-state index is 10.6. The van der Waals surface area contributed by atoms with E-state index in [1.807, 2.05) is 6.92 Å². The van der Waals surface area contributed by atoms with Gasteiger partial charge >= 0.3 is 0 Å². The Kier molecular flexibility index (Phi) is 6.34. The van der Waals surface area contributed by atoms with Crippen molar-refractivity contribution in [1.29, 1.82) is 0 Å². The summed E-state index contributed by atoms with van der Waals surface area (Å²) in [5, 5.41) is 3.86. The molecule has 0 fully saturated rings. The van der Waals surface area contributed by atoms with Crippen molar-refractivity contribution in [2.24, 2.45) is 5.10 Å². The lowest BCUT2D eigenvalue weighted by atomic mass is 10.1. The highest BCUT2D eigenvalue weighted by atomic mass is 16.2. The number of rotatable bonds is 4. The second-order valence-electron chi connectivity index (χ2n) is 3.71. The van der Waals surface area contributed by atoms with Gasteiger partial charge in [-0.15, -0.1) is 0 Å². The Labute approximate surface area is 92.0 Å². The highest BCUT2D eigenvalue weighted by Crippen LogP contribution is 2.09. The van der Waals surface area contributed by atoms with E-state index in [0.717, 1.165) is 12.0 Å². The maximum Gasteiger partial charge on any atom is 0.236 e. The Morgan fingerprint density at radius 2 is 1.87 bits per heavy atom. The number of carbonyl (C=O) groups excluding carboxylic acids is 1. The normalized spacial score (nSPS) is 12.3. The summed E-state index contributed by atoms with van der Waals surface area (Å²) in [6, 6.07) is 0. The minimum Gasteiger partial charge on any atom is -0.274 e. The van der Waals surface area contributed by atoms with Crippen LogP contribution in [-0.4, -0.2) is 12.1 Å². The first-order valence-corrected chi connectivity index (χ1v) is 5.11. The molecule has 0 saturated heterocycles. The average Bonchev–Trinajstić information content (AvgIpc) is 2.10. The molecule has 3 heteroatoms. The van der Waals surface area contributed by atoms with Gasteiger partial charge in [0.1, 0.15) is 0 Å². The molecule has 0 aromatic carbocycles. The summed E-state index contributed by atoms with van der Waals surface area (Å²) in [6.45, 7) is 9.67. The number of allylic oxidation sites excluding steroid dienone is 4. The molecule has 3 nitrogen and oxygen atoms in total. The third-order valence-electron chi connectivity index (χ3n) is 1.83. The van der Waals surface area contributed by atoms with Gasteiger partial charge in [-0.05, 0) is 38.3 Å². The molecular formula is C12H20N2O. The van der Waals surface area contributed by atoms with Gasteiger partial charge in [0.05, 0.1) is 6.21 Å². The molecule has 0 heterocycles. The van der Waals surface area contributed by atoms with E-state index in [-0.39, 0.29) is 5.91 Å². The van der Waals surface area contributed by atoms with Gasteiger partial charge in [-0.1, -0.05) is 18.6 Å². The maximum atomic E-state index is 10.6. The Hall–Kier alpha value is -1.38. The van der Waals surface area contributed by atoms with Crippen LogP contribution in [0.3, 0.4) is 0 Å². The molecule has 1 N–H and O–H groups in total. The summed E-state index contributed by atoms with van der Waals surface area (Å²) in [7, 11) is 0. The van der Waals surface area contributed by atoms with Crippen LogP contribution < -0.4 is 5.43 Å². The van der Waals surface area contributed by atoms with Gasteiger partial charge in [0.2, 0.25) is 5.91 Å². The highest BCUT2D eigenvalue weighted by Gasteiger charge is 1.95. The van der Waals surface area contributed by atoms with E-state index in [4.69, 9.17) is 0 Å². The van der Waals surface area contributed by atoms with E-state index in [0.29, 0.717) is 0 Å². The monoisotopic (exact) mass is 208 g/mol. The number of hydrazone groups is 1. The quantitative estimate of drug-likeness (QED) is 0.431. The molecule has 0 saturated carbocycles. The number of hydrogen-bond donors (Lipinski definition) is 1. The summed E-state index contributed by atoms with van der Waals surface area (Å²) < 4.78 is 0. The van der Waals surface area contributed by atoms with Gasteiger partial charge in [-0.25, -0.2) is 5.43 Å². The van der Waals surface area contributed by atoms with Gasteiger partial charge in [0.15, 0.2) is 0 Å². The lowest BCUT2D eigenvalue weighted by Crippen LogP contribution is -2.12. The summed E-state index contributed by atoms with van der Waals surface area (Å²) in [5.41, 5.74) is 5.97. The zero-order chi connectivity index (χ0) is 11.8. The van der Waals surface area contributed by atoms with Crippen molar-refractivity contribution in [1.82, 2.24) is 5.43 Å². The number of nitrogens with zero attached hydrogens (tertiary/aromatic N) is 1. The van der Waals surface area contributed by atoms with Crippen LogP contribution in [0.25, 0.3) is 0 Å². The predicted octanol–water partition coefficient (Wildman–Crippen LogP) is 2.80. The second-order valence-corrected chi connectivity index (χ2v) is 3.71. The van der Waals surface area contributed by atoms with Gasteiger partial charge in [-0.2, -0.15) is 5.10 Å². The molecular weight excluding hydrogens is 188 g/mol. The molecule has 0 aliphatic rings. The largest absolute Gasteiger partial charge is 0.274 e. The van der Waals surface area contributed by atoms with Crippen LogP contribution in [0, 0.1) is 0 Å². The van der Waals surface area contributed by atoms with E-state index in [1.165, 1.54) is 18.1 Å². The predicted molar refractivity (Wildman–Crippen MR) is 64.7 cm³/mol. The molecule has 0 atom stereocenters. The van der Waals surface area contributed by atoms with Crippen molar-refractivity contribution in [3.63, 3.8) is 0 Å². The van der Waals surface area contributed by atoms with E-state index >= 15 is 0 Å². The van der Waals surface area contributed by atoms with E-state index in [1.54, 1.807) is 6.21 Å². The fourth-order valence-electron chi connectivity index (χ4n) is 1.20. The third-order valence-corrected chi connectivity index (χ3v) is 1.83. The zero-order valence-corrected chi connectivity index (χ0v) is 10.2. The van der Waals surface area contributed by atoms with Crippen molar-refractivity contribution in [3.05, 3.63) is 22.8 Å². The van der Waals surface area contributed by atoms with Crippen molar-refractivity contribution >= 4 is 12.1 Å². The Morgan fingerprint density at radius 3 is 2.27 bits per heavy atom. The lowest BCUT2D eigenvalue weighted by Gasteiger charge is -2.02. The number of amides is 1. The van der Waals surface area contributed by atoms with E-state index < -0.39 is 0 Å². The molecule has 0 bridgehead atoms. The first-order valence-electron chi connectivity index (χ1n) is 5.11. The topological polar surface area (TPSA) is 41.5 Å². The highest BCUT2D eigenvalue weighted by molar-refractivity contribution is 5.82. The fourth-order valence-corrected chi connectivity index (χ4v) is 1.20. The molecule has 0 aliphatic carbocycles. The molecule has 0 aromatic heterocycles. The molecule has 0 unspecified atom stereocenters. The molecule has 84 valence electrons. The molecule has 15 heavy (non-hydrogen) atoms. The minimum atomic E-state index is -0.151. The first kappa shape index (κ1) is 13.6. The number of carbonyl (C=O) groups is 1. The Bertz CT molecular complexity index is 308. The summed E-state index contributed by atoms with van der Waals surface area (Å²) in [6.07, 6.45) is 4.72. The minimum absolute atomic E-state index is 0.151. The van der Waals surface area contributed by atoms with Crippen LogP contribution in [0.1, 0.15) is 41.0 Å². The molecule has 0 rings (SSSR count). The molecule has 0 radical (unpaired) electrons. The molecule has 0 aliphatic heterocycles. The van der Waals surface area contributed by atoms with Gasteiger partial charge in [0, 0.05) is 6.92 Å². The van der Waals surface area contributed by atoms with Crippen molar-refractivity contribution in [3.8, 4) is 0 Å². The van der Waals surface area contributed by atoms with Gasteiger partial charge in [-0.3, -0.25) is 4.79 Å². The number of nitrogens with one attached hydrogen (secondary N) is 1. The van der Waals surface area contributed by atoms with Crippen LogP contribution in [-0.2, 0) is 4.79 Å². The van der Waals surface area contributed by atoms with E-state index in [9.17, 15) is 4.79 Å². The Morgan fingerprint density at radius 1 is 1.27 bits per heavy atom. The number of hydrogen-bond acceptors (Lipinski definition) is 2. The standard InChI is InChI=1S/C12H20N2O/c1-6-12(8-13-14-11(5)15)10(4)7-9(2)3/h7-8H,6H2,1-5H3,(H,14,15). The van der Waals surface area contributed by atoms with Gasteiger partial charge in [0.25, 0.3) is 0 Å². The van der Waals surface area contributed by atoms with Crippen LogP contribution in [0.5, 0.6) is 0 Å². The van der Waals surface area contributed by atoms with Crippen molar-refractivity contribution in [2.75, 3.05) is 0 Å². The Balaban J connectivity index is 4.67. The summed E-state index contributed by atoms with van der Waals surface area (Å²) in [4.78, 5) is 10.6. The third kappa shape index (κ3) is 6.66. The lowest BCUT2D eigenvalue weighted by molar-refractivity contribution is -0.118. The summed E-state index contributed by atoms with van der Waals surface area (Å²) >= 11 is 0. The van der Waals surface area contributed by atoms with Crippen LogP contribution >= 0.6 is 0 Å². The molecule has 0 aromatic rings. The fraction of sp³-hybridized carbons (Fsp3) is 0.500. The van der Waals surface area contributed by atoms with Crippen LogP contribution in [0.4, 0.5) is 0 Å².